The topological polar surface area (TPSA) is 107 Å². The average Bonchev–Trinajstić information content (AvgIpc) is 2.88. The predicted octanol–water partition coefficient (Wildman–Crippen LogP) is 2.88. The monoisotopic (exact) mass is 379 g/mol. The van der Waals surface area contributed by atoms with Crippen LogP contribution in [0.1, 0.15) is 21.1 Å². The smallest absolute Gasteiger partial charge is 0.371 e. The number of carbonyl (C=O) groups excluding carboxylic acids is 1. The molecule has 0 aromatic carbocycles. The lowest BCUT2D eigenvalue weighted by atomic mass is 10.4. The number of amides is 1. The molecule has 0 saturated carbocycles. The lowest BCUT2D eigenvalue weighted by molar-refractivity contribution is 0.0660. The SMILES string of the molecule is NC(=O)c1ccc(Br)o1.O=C(O)c1ccc(Br)o1. The van der Waals surface area contributed by atoms with Gasteiger partial charge in [0, 0.05) is 0 Å². The van der Waals surface area contributed by atoms with Gasteiger partial charge in [-0.1, -0.05) is 0 Å². The van der Waals surface area contributed by atoms with Crippen molar-refractivity contribution in [3.05, 3.63) is 45.1 Å². The first-order valence-electron chi connectivity index (χ1n) is 4.44. The van der Waals surface area contributed by atoms with Crippen LogP contribution in [-0.4, -0.2) is 17.0 Å². The molecule has 2 heterocycles. The van der Waals surface area contributed by atoms with Crippen LogP contribution in [0.2, 0.25) is 0 Å². The number of halogens is 2. The van der Waals surface area contributed by atoms with Gasteiger partial charge in [-0.25, -0.2) is 4.79 Å². The van der Waals surface area contributed by atoms with Crippen molar-refractivity contribution in [3.63, 3.8) is 0 Å². The first-order chi connectivity index (χ1) is 8.40. The molecule has 6 nitrogen and oxygen atoms in total. The number of rotatable bonds is 2. The number of furan rings is 2. The van der Waals surface area contributed by atoms with Gasteiger partial charge in [-0.05, 0) is 56.1 Å². The lowest BCUT2D eigenvalue weighted by Gasteiger charge is -1.82. The molecular formula is C10H7Br2NO5. The lowest BCUT2D eigenvalue weighted by Crippen LogP contribution is -2.08. The van der Waals surface area contributed by atoms with Gasteiger partial charge in [0.15, 0.2) is 15.1 Å². The van der Waals surface area contributed by atoms with Gasteiger partial charge in [-0.3, -0.25) is 4.79 Å². The van der Waals surface area contributed by atoms with Crippen LogP contribution >= 0.6 is 31.9 Å². The fourth-order valence-electron chi connectivity index (χ4n) is 0.876. The highest BCUT2D eigenvalue weighted by Gasteiger charge is 2.05. The average molecular weight is 381 g/mol. The standard InChI is InChI=1S/C5H4BrNO2.C5H3BrO3/c2*6-4-2-1-3(9-4)5(7)8/h1-2H,(H2,7,8);1-2H,(H,7,8). The Kier molecular flexibility index (Phi) is 5.17. The Labute approximate surface area is 118 Å². The minimum absolute atomic E-state index is 0.0538. The van der Waals surface area contributed by atoms with Gasteiger partial charge in [0.05, 0.1) is 0 Å². The third-order valence-electron chi connectivity index (χ3n) is 1.60. The van der Waals surface area contributed by atoms with Crippen molar-refractivity contribution in [2.45, 2.75) is 0 Å². The van der Waals surface area contributed by atoms with Crippen LogP contribution in [0, 0.1) is 0 Å². The summed E-state index contributed by atoms with van der Waals surface area (Å²) in [4.78, 5) is 20.4. The van der Waals surface area contributed by atoms with E-state index in [2.05, 4.69) is 36.3 Å². The molecule has 96 valence electrons. The van der Waals surface area contributed by atoms with Crippen molar-refractivity contribution in [1.82, 2.24) is 0 Å². The number of hydrogen-bond acceptors (Lipinski definition) is 4. The van der Waals surface area contributed by atoms with E-state index in [1.54, 1.807) is 6.07 Å². The molecule has 0 fully saturated rings. The zero-order valence-electron chi connectivity index (χ0n) is 8.72. The highest BCUT2D eigenvalue weighted by Crippen LogP contribution is 2.13. The second kappa shape index (κ2) is 6.41. The van der Waals surface area contributed by atoms with Crippen molar-refractivity contribution in [3.8, 4) is 0 Å². The number of aromatic carboxylic acids is 1. The van der Waals surface area contributed by atoms with Crippen LogP contribution in [0.3, 0.4) is 0 Å². The summed E-state index contributed by atoms with van der Waals surface area (Å²) in [7, 11) is 0. The molecule has 0 radical (unpaired) electrons. The molecule has 0 spiro atoms. The van der Waals surface area contributed by atoms with Gasteiger partial charge in [-0.15, -0.1) is 0 Å². The normalized spacial score (nSPS) is 9.44. The second-order valence-electron chi connectivity index (χ2n) is 2.88. The van der Waals surface area contributed by atoms with Crippen molar-refractivity contribution < 1.29 is 23.5 Å². The molecule has 3 N–H and O–H groups in total. The first-order valence-corrected chi connectivity index (χ1v) is 6.02. The van der Waals surface area contributed by atoms with Gasteiger partial charge < -0.3 is 19.7 Å². The minimum Gasteiger partial charge on any atom is -0.475 e. The summed E-state index contributed by atoms with van der Waals surface area (Å²) in [6, 6.07) is 6.03. The van der Waals surface area contributed by atoms with E-state index in [9.17, 15) is 9.59 Å². The Morgan fingerprint density at radius 1 is 1.00 bits per heavy atom. The summed E-state index contributed by atoms with van der Waals surface area (Å²) in [5.74, 6) is -1.50. The maximum absolute atomic E-state index is 10.3. The van der Waals surface area contributed by atoms with Gasteiger partial charge in [0.1, 0.15) is 0 Å². The summed E-state index contributed by atoms with van der Waals surface area (Å²) in [5.41, 5.74) is 4.87. The molecule has 0 saturated heterocycles. The molecule has 2 aromatic rings. The molecule has 2 aromatic heterocycles. The van der Waals surface area contributed by atoms with Crippen LogP contribution in [0.4, 0.5) is 0 Å². The maximum atomic E-state index is 10.3. The minimum atomic E-state index is -1.05. The molecule has 0 aliphatic heterocycles. The molecule has 2 rings (SSSR count). The largest absolute Gasteiger partial charge is 0.475 e. The van der Waals surface area contributed by atoms with Crippen molar-refractivity contribution in [2.24, 2.45) is 5.73 Å². The van der Waals surface area contributed by atoms with Gasteiger partial charge >= 0.3 is 5.97 Å². The van der Waals surface area contributed by atoms with Gasteiger partial charge in [-0.2, -0.15) is 0 Å². The van der Waals surface area contributed by atoms with Crippen LogP contribution in [0.5, 0.6) is 0 Å². The van der Waals surface area contributed by atoms with Crippen LogP contribution in [0.15, 0.2) is 42.4 Å². The Hall–Kier alpha value is -1.54. The van der Waals surface area contributed by atoms with E-state index in [-0.39, 0.29) is 11.5 Å². The molecule has 1 amide bonds. The van der Waals surface area contributed by atoms with E-state index in [1.165, 1.54) is 18.2 Å². The molecule has 0 aliphatic rings. The first kappa shape index (κ1) is 14.5. The second-order valence-corrected chi connectivity index (χ2v) is 4.44. The Morgan fingerprint density at radius 3 is 1.61 bits per heavy atom. The van der Waals surface area contributed by atoms with Crippen molar-refractivity contribution >= 4 is 43.7 Å². The highest BCUT2D eigenvalue weighted by molar-refractivity contribution is 9.10. The summed E-state index contributed by atoms with van der Waals surface area (Å²) in [5, 5.41) is 8.28. The Morgan fingerprint density at radius 2 is 1.44 bits per heavy atom. The number of nitrogens with two attached hydrogens (primary N) is 1. The molecule has 18 heavy (non-hydrogen) atoms. The van der Waals surface area contributed by atoms with E-state index < -0.39 is 11.9 Å². The summed E-state index contributed by atoms with van der Waals surface area (Å²) < 4.78 is 10.4. The Bertz CT molecular complexity index is 510. The number of primary amides is 1. The number of carboxylic acid groups (broad SMARTS) is 1. The zero-order chi connectivity index (χ0) is 13.7. The van der Waals surface area contributed by atoms with E-state index >= 15 is 0 Å². The quantitative estimate of drug-likeness (QED) is 0.832. The van der Waals surface area contributed by atoms with Gasteiger partial charge in [0.2, 0.25) is 5.76 Å². The fourth-order valence-corrected chi connectivity index (χ4v) is 1.49. The summed E-state index contributed by atoms with van der Waals surface area (Å²) in [6.45, 7) is 0. The summed E-state index contributed by atoms with van der Waals surface area (Å²) >= 11 is 6.00. The number of carbonyl (C=O) groups is 2. The van der Waals surface area contributed by atoms with Crippen LogP contribution < -0.4 is 5.73 Å². The van der Waals surface area contributed by atoms with E-state index in [4.69, 9.17) is 15.3 Å². The van der Waals surface area contributed by atoms with E-state index in [0.29, 0.717) is 9.34 Å². The predicted molar refractivity (Wildman–Crippen MR) is 68.3 cm³/mol. The molecule has 8 heteroatoms. The van der Waals surface area contributed by atoms with Gasteiger partial charge in [0.25, 0.3) is 5.91 Å². The third kappa shape index (κ3) is 4.38. The maximum Gasteiger partial charge on any atom is 0.371 e. The molecule has 0 unspecified atom stereocenters. The number of carboxylic acids is 1. The molecule has 0 aliphatic carbocycles. The van der Waals surface area contributed by atoms with Crippen LogP contribution in [0.25, 0.3) is 0 Å². The highest BCUT2D eigenvalue weighted by atomic mass is 79.9. The van der Waals surface area contributed by atoms with Crippen molar-refractivity contribution in [2.75, 3.05) is 0 Å². The number of hydrogen-bond donors (Lipinski definition) is 2. The zero-order valence-corrected chi connectivity index (χ0v) is 11.9. The Balaban J connectivity index is 0.000000180. The third-order valence-corrected chi connectivity index (χ3v) is 2.45. The summed E-state index contributed by atoms with van der Waals surface area (Å²) in [6.07, 6.45) is 0. The van der Waals surface area contributed by atoms with E-state index in [0.717, 1.165) is 0 Å². The van der Waals surface area contributed by atoms with E-state index in [1.807, 2.05) is 0 Å². The van der Waals surface area contributed by atoms with Crippen molar-refractivity contribution in [1.29, 1.82) is 0 Å². The molecular weight excluding hydrogens is 374 g/mol. The fraction of sp³-hybridized carbons (Fsp3) is 0. The molecule has 0 bridgehead atoms. The molecule has 0 atom stereocenters. The van der Waals surface area contributed by atoms with Crippen LogP contribution in [-0.2, 0) is 0 Å².